The van der Waals surface area contributed by atoms with Crippen LogP contribution in [0.1, 0.15) is 22.3 Å². The molecule has 4 nitrogen and oxygen atoms in total. The van der Waals surface area contributed by atoms with Gasteiger partial charge in [0.15, 0.2) is 0 Å². The van der Waals surface area contributed by atoms with E-state index in [0.717, 1.165) is 55.5 Å². The normalized spacial score (nSPS) is 10.9. The first kappa shape index (κ1) is 25.4. The van der Waals surface area contributed by atoms with Gasteiger partial charge in [0.1, 0.15) is 17.9 Å². The molecule has 0 saturated heterocycles. The topological polar surface area (TPSA) is 60.0 Å². The molecule has 6 aromatic rings. The Hall–Kier alpha value is -5.84. The predicted molar refractivity (Wildman–Crippen MR) is 167 cm³/mol. The zero-order valence-corrected chi connectivity index (χ0v) is 22.5. The van der Waals surface area contributed by atoms with Crippen molar-refractivity contribution in [2.24, 2.45) is 0 Å². The van der Waals surface area contributed by atoms with Crippen LogP contribution in [0.15, 0.2) is 121 Å². The van der Waals surface area contributed by atoms with Gasteiger partial charge in [-0.3, -0.25) is 0 Å². The fraction of sp³-hybridized carbons (Fsp3) is 0.0270. The van der Waals surface area contributed by atoms with Crippen molar-refractivity contribution in [1.82, 2.24) is 0 Å². The van der Waals surface area contributed by atoms with E-state index in [9.17, 15) is 10.5 Å². The van der Waals surface area contributed by atoms with E-state index in [1.54, 1.807) is 7.11 Å². The molecule has 0 bridgehead atoms. The van der Waals surface area contributed by atoms with Crippen LogP contribution in [-0.4, -0.2) is 7.11 Å². The van der Waals surface area contributed by atoms with Crippen LogP contribution in [0.4, 0.5) is 17.1 Å². The fourth-order valence-corrected chi connectivity index (χ4v) is 5.23. The Bertz CT molecular complexity index is 1980. The van der Waals surface area contributed by atoms with E-state index in [0.29, 0.717) is 11.1 Å². The highest BCUT2D eigenvalue weighted by Crippen LogP contribution is 2.36. The summed E-state index contributed by atoms with van der Waals surface area (Å²) in [6.45, 7) is 0. The highest BCUT2D eigenvalue weighted by molar-refractivity contribution is 6.13. The lowest BCUT2D eigenvalue weighted by molar-refractivity contribution is 0.415. The van der Waals surface area contributed by atoms with E-state index in [1.807, 2.05) is 66.7 Å². The SMILES string of the molecule is COc1ccc(N(c2ccccc2)c2ccc(/C=C/c3ccc4c(C#N)c(C#N)c5ccccc5c4c3)cc2)cc1. The summed E-state index contributed by atoms with van der Waals surface area (Å²) in [5.74, 6) is 0.818. The summed E-state index contributed by atoms with van der Waals surface area (Å²) in [4.78, 5) is 2.21. The van der Waals surface area contributed by atoms with E-state index in [2.05, 4.69) is 83.8 Å². The van der Waals surface area contributed by atoms with Gasteiger partial charge >= 0.3 is 0 Å². The third-order valence-corrected chi connectivity index (χ3v) is 7.24. The maximum Gasteiger partial charge on any atom is 0.119 e. The van der Waals surface area contributed by atoms with Crippen LogP contribution in [0.2, 0.25) is 0 Å². The first-order valence-electron chi connectivity index (χ1n) is 13.3. The highest BCUT2D eigenvalue weighted by Gasteiger charge is 2.14. The maximum absolute atomic E-state index is 9.83. The molecule has 0 atom stereocenters. The summed E-state index contributed by atoms with van der Waals surface area (Å²) in [6.07, 6.45) is 4.16. The first-order valence-corrected chi connectivity index (χ1v) is 13.3. The molecule has 4 heteroatoms. The molecule has 194 valence electrons. The molecule has 0 aromatic heterocycles. The second-order valence-electron chi connectivity index (χ2n) is 9.62. The molecule has 0 N–H and O–H groups in total. The summed E-state index contributed by atoms with van der Waals surface area (Å²) >= 11 is 0. The van der Waals surface area contributed by atoms with Crippen LogP contribution in [-0.2, 0) is 0 Å². The molecule has 6 rings (SSSR count). The number of methoxy groups -OCH3 is 1. The van der Waals surface area contributed by atoms with Gasteiger partial charge in [0.05, 0.1) is 18.2 Å². The van der Waals surface area contributed by atoms with Crippen molar-refractivity contribution >= 4 is 50.8 Å². The van der Waals surface area contributed by atoms with Crippen molar-refractivity contribution in [1.29, 1.82) is 10.5 Å². The van der Waals surface area contributed by atoms with Crippen LogP contribution in [0.3, 0.4) is 0 Å². The van der Waals surface area contributed by atoms with E-state index < -0.39 is 0 Å². The van der Waals surface area contributed by atoms with Crippen molar-refractivity contribution < 1.29 is 4.74 Å². The van der Waals surface area contributed by atoms with Crippen molar-refractivity contribution in [3.63, 3.8) is 0 Å². The molecule has 0 amide bonds. The summed E-state index contributed by atoms with van der Waals surface area (Å²) < 4.78 is 5.35. The molecule has 0 saturated carbocycles. The van der Waals surface area contributed by atoms with Gasteiger partial charge in [-0.25, -0.2) is 0 Å². The number of para-hydroxylation sites is 1. The quantitative estimate of drug-likeness (QED) is 0.160. The van der Waals surface area contributed by atoms with Crippen LogP contribution in [0, 0.1) is 22.7 Å². The summed E-state index contributed by atoms with van der Waals surface area (Å²) in [5, 5.41) is 23.1. The number of fused-ring (bicyclic) bond motifs is 3. The number of hydrogen-bond donors (Lipinski definition) is 0. The lowest BCUT2D eigenvalue weighted by atomic mass is 9.91. The molecule has 0 aliphatic heterocycles. The van der Waals surface area contributed by atoms with Gasteiger partial charge in [0.2, 0.25) is 0 Å². The van der Waals surface area contributed by atoms with Crippen molar-refractivity contribution in [2.75, 3.05) is 12.0 Å². The van der Waals surface area contributed by atoms with Crippen LogP contribution in [0.25, 0.3) is 33.7 Å². The number of nitrogens with zero attached hydrogens (tertiary/aromatic N) is 3. The van der Waals surface area contributed by atoms with E-state index in [-0.39, 0.29) is 0 Å². The van der Waals surface area contributed by atoms with E-state index in [4.69, 9.17) is 4.74 Å². The summed E-state index contributed by atoms with van der Waals surface area (Å²) in [5.41, 5.74) is 6.10. The number of anilines is 3. The van der Waals surface area contributed by atoms with Crippen molar-refractivity contribution in [2.45, 2.75) is 0 Å². The molecular weight excluding hydrogens is 502 g/mol. The average Bonchev–Trinajstić information content (AvgIpc) is 3.04. The number of nitriles is 2. The number of benzene rings is 6. The van der Waals surface area contributed by atoms with Crippen LogP contribution >= 0.6 is 0 Å². The first-order chi connectivity index (χ1) is 20.2. The minimum Gasteiger partial charge on any atom is -0.497 e. The van der Waals surface area contributed by atoms with Gasteiger partial charge in [-0.15, -0.1) is 0 Å². The van der Waals surface area contributed by atoms with Crippen LogP contribution in [0.5, 0.6) is 5.75 Å². The Morgan fingerprint density at radius 1 is 0.537 bits per heavy atom. The Morgan fingerprint density at radius 3 is 1.68 bits per heavy atom. The molecule has 0 heterocycles. The second kappa shape index (κ2) is 11.1. The molecule has 0 aliphatic carbocycles. The molecule has 0 aliphatic rings. The molecular formula is C37H25N3O. The third kappa shape index (κ3) is 4.87. The number of rotatable bonds is 6. The van der Waals surface area contributed by atoms with Crippen molar-refractivity contribution in [3.05, 3.63) is 144 Å². The fourth-order valence-electron chi connectivity index (χ4n) is 5.23. The number of ether oxygens (including phenoxy) is 1. The number of hydrogen-bond acceptors (Lipinski definition) is 4. The molecule has 41 heavy (non-hydrogen) atoms. The lowest BCUT2D eigenvalue weighted by Crippen LogP contribution is -2.09. The minimum atomic E-state index is 0.423. The third-order valence-electron chi connectivity index (χ3n) is 7.24. The predicted octanol–water partition coefficient (Wildman–Crippen LogP) is 9.39. The van der Waals surface area contributed by atoms with Crippen LogP contribution < -0.4 is 9.64 Å². The van der Waals surface area contributed by atoms with E-state index in [1.165, 1.54) is 0 Å². The van der Waals surface area contributed by atoms with Gasteiger partial charge in [0.25, 0.3) is 0 Å². The zero-order valence-electron chi connectivity index (χ0n) is 22.5. The highest BCUT2D eigenvalue weighted by atomic mass is 16.5. The molecule has 0 fully saturated rings. The molecule has 0 radical (unpaired) electrons. The Kier molecular flexibility index (Phi) is 6.89. The lowest BCUT2D eigenvalue weighted by Gasteiger charge is -2.25. The Labute approximate surface area is 239 Å². The standard InChI is InChI=1S/C37H25N3O/c1-41-31-20-18-30(19-21-31)40(28-7-3-2-4-8-28)29-16-13-26(14-17-29)11-12-27-15-22-34-35(23-27)32-9-5-6-10-33(32)36(24-38)37(34)25-39/h2-23H,1H3/b12-11+. The minimum absolute atomic E-state index is 0.423. The monoisotopic (exact) mass is 527 g/mol. The molecule has 0 spiro atoms. The Balaban J connectivity index is 1.34. The van der Waals surface area contributed by atoms with E-state index >= 15 is 0 Å². The molecule has 6 aromatic carbocycles. The second-order valence-corrected chi connectivity index (χ2v) is 9.62. The van der Waals surface area contributed by atoms with Crippen molar-refractivity contribution in [3.8, 4) is 17.9 Å². The smallest absolute Gasteiger partial charge is 0.119 e. The summed E-state index contributed by atoms with van der Waals surface area (Å²) in [6, 6.07) is 45.1. The average molecular weight is 528 g/mol. The van der Waals surface area contributed by atoms with Gasteiger partial charge < -0.3 is 9.64 Å². The van der Waals surface area contributed by atoms with Gasteiger partial charge in [-0.05, 0) is 76.5 Å². The maximum atomic E-state index is 9.83. The van der Waals surface area contributed by atoms with Gasteiger partial charge in [0, 0.05) is 27.8 Å². The summed E-state index contributed by atoms with van der Waals surface area (Å²) in [7, 11) is 1.67. The molecule has 0 unspecified atom stereocenters. The Morgan fingerprint density at radius 2 is 1.05 bits per heavy atom. The van der Waals surface area contributed by atoms with Gasteiger partial charge in [-0.2, -0.15) is 10.5 Å². The largest absolute Gasteiger partial charge is 0.497 e. The zero-order chi connectivity index (χ0) is 28.2. The van der Waals surface area contributed by atoms with Gasteiger partial charge in [-0.1, -0.05) is 78.9 Å².